The summed E-state index contributed by atoms with van der Waals surface area (Å²) in [6.45, 7) is 1.60. The van der Waals surface area contributed by atoms with Gasteiger partial charge < -0.3 is 0 Å². The molecule has 0 aliphatic rings. The minimum atomic E-state index is 0.193. The van der Waals surface area contributed by atoms with E-state index in [4.69, 9.17) is 23.2 Å². The molecule has 0 aliphatic heterocycles. The molecule has 1 aromatic rings. The normalized spacial score (nSPS) is 11.1. The van der Waals surface area contributed by atoms with Gasteiger partial charge in [-0.15, -0.1) is 0 Å². The molecule has 0 amide bonds. The van der Waals surface area contributed by atoms with Crippen molar-refractivity contribution >= 4 is 46.2 Å². The average Bonchev–Trinajstić information content (AvgIpc) is 2.30. The fourth-order valence-electron chi connectivity index (χ4n) is 1.43. The molecule has 0 N–H and O–H groups in total. The van der Waals surface area contributed by atoms with Gasteiger partial charge in [-0.3, -0.25) is 4.79 Å². The van der Waals surface area contributed by atoms with Gasteiger partial charge in [0.05, 0.1) is 0 Å². The zero-order valence-corrected chi connectivity index (χ0v) is 12.6. The second-order valence-corrected chi connectivity index (χ2v) is 6.02. The van der Waals surface area contributed by atoms with E-state index in [-0.39, 0.29) is 5.12 Å². The van der Waals surface area contributed by atoms with Gasteiger partial charge in [0.15, 0.2) is 5.12 Å². The molecule has 0 aromatic heterocycles. The third-order valence-electron chi connectivity index (χ3n) is 2.33. The van der Waals surface area contributed by atoms with Crippen molar-refractivity contribution in [1.82, 2.24) is 0 Å². The van der Waals surface area contributed by atoms with Gasteiger partial charge in [0.2, 0.25) is 0 Å². The molecule has 0 saturated carbocycles. The minimum absolute atomic E-state index is 0.193. The maximum Gasteiger partial charge on any atom is 0.185 e. The third-order valence-corrected chi connectivity index (χ3v) is 3.79. The van der Waals surface area contributed by atoms with Crippen LogP contribution in [-0.2, 0) is 4.79 Å². The van der Waals surface area contributed by atoms with E-state index in [9.17, 15) is 4.79 Å². The lowest BCUT2D eigenvalue weighted by Crippen LogP contribution is -1.85. The molecule has 0 radical (unpaired) electrons. The maximum absolute atomic E-state index is 10.7. The van der Waals surface area contributed by atoms with Crippen molar-refractivity contribution in [2.75, 3.05) is 5.75 Å². The van der Waals surface area contributed by atoms with Crippen molar-refractivity contribution in [3.8, 4) is 0 Å². The number of hydrogen-bond donors (Lipinski definition) is 0. The molecule has 0 unspecified atom stereocenters. The molecule has 1 rings (SSSR count). The van der Waals surface area contributed by atoms with E-state index in [1.54, 1.807) is 13.0 Å². The summed E-state index contributed by atoms with van der Waals surface area (Å²) in [5.74, 6) is 0.908. The van der Waals surface area contributed by atoms with E-state index in [0.29, 0.717) is 10.0 Å². The number of halogens is 2. The van der Waals surface area contributed by atoms with Crippen molar-refractivity contribution in [1.29, 1.82) is 0 Å². The standard InChI is InChI=1S/C14H16Cl2OS/c1-11(17)18-9-5-3-2-4-6-12-7-8-13(15)10-14(12)16/h4,6-8,10H,2-3,5,9H2,1H3/b6-4-. The Morgan fingerprint density at radius 2 is 2.11 bits per heavy atom. The van der Waals surface area contributed by atoms with Gasteiger partial charge in [0.25, 0.3) is 0 Å². The van der Waals surface area contributed by atoms with Gasteiger partial charge in [-0.1, -0.05) is 53.2 Å². The molecule has 4 heteroatoms. The summed E-state index contributed by atoms with van der Waals surface area (Å²) in [6, 6.07) is 5.48. The summed E-state index contributed by atoms with van der Waals surface area (Å²) in [5, 5.41) is 1.52. The predicted molar refractivity (Wildman–Crippen MR) is 82.5 cm³/mol. The fraction of sp³-hybridized carbons (Fsp3) is 0.357. The summed E-state index contributed by atoms with van der Waals surface area (Å²) in [5.41, 5.74) is 0.985. The van der Waals surface area contributed by atoms with E-state index in [2.05, 4.69) is 6.08 Å². The Labute approximate surface area is 123 Å². The summed E-state index contributed by atoms with van der Waals surface area (Å²) < 4.78 is 0. The number of carbonyl (C=O) groups excluding carboxylic acids is 1. The highest BCUT2D eigenvalue weighted by atomic mass is 35.5. The number of hydrogen-bond acceptors (Lipinski definition) is 2. The van der Waals surface area contributed by atoms with Gasteiger partial charge in [-0.2, -0.15) is 0 Å². The number of allylic oxidation sites excluding steroid dienone is 1. The van der Waals surface area contributed by atoms with Crippen LogP contribution in [0.5, 0.6) is 0 Å². The van der Waals surface area contributed by atoms with Crippen molar-refractivity contribution < 1.29 is 4.79 Å². The quantitative estimate of drug-likeness (QED) is 0.649. The molecule has 0 saturated heterocycles. The first kappa shape index (κ1) is 15.6. The molecule has 1 nitrogen and oxygen atoms in total. The van der Waals surface area contributed by atoms with Crippen LogP contribution in [0.2, 0.25) is 10.0 Å². The lowest BCUT2D eigenvalue weighted by Gasteiger charge is -1.99. The van der Waals surface area contributed by atoms with Crippen molar-refractivity contribution in [2.24, 2.45) is 0 Å². The number of thioether (sulfide) groups is 1. The van der Waals surface area contributed by atoms with Crippen LogP contribution in [0, 0.1) is 0 Å². The van der Waals surface area contributed by atoms with E-state index >= 15 is 0 Å². The number of carbonyl (C=O) groups is 1. The third kappa shape index (κ3) is 6.48. The average molecular weight is 303 g/mol. The molecule has 0 bridgehead atoms. The van der Waals surface area contributed by atoms with Crippen LogP contribution in [0.15, 0.2) is 24.3 Å². The first-order chi connectivity index (χ1) is 8.59. The molecule has 0 fully saturated rings. The van der Waals surface area contributed by atoms with Gasteiger partial charge in [0, 0.05) is 22.7 Å². The van der Waals surface area contributed by atoms with Gasteiger partial charge in [0.1, 0.15) is 0 Å². The van der Waals surface area contributed by atoms with Crippen LogP contribution < -0.4 is 0 Å². The van der Waals surface area contributed by atoms with Crippen LogP contribution in [0.25, 0.3) is 6.08 Å². The minimum Gasteiger partial charge on any atom is -0.288 e. The second-order valence-electron chi connectivity index (χ2n) is 3.90. The van der Waals surface area contributed by atoms with E-state index in [1.807, 2.05) is 18.2 Å². The Morgan fingerprint density at radius 1 is 1.33 bits per heavy atom. The van der Waals surface area contributed by atoms with Gasteiger partial charge in [-0.05, 0) is 37.0 Å². The van der Waals surface area contributed by atoms with E-state index in [0.717, 1.165) is 30.6 Å². The molecule has 98 valence electrons. The molecule has 0 spiro atoms. The molecule has 0 aliphatic carbocycles. The van der Waals surface area contributed by atoms with Crippen molar-refractivity contribution in [2.45, 2.75) is 26.2 Å². The topological polar surface area (TPSA) is 17.1 Å². The van der Waals surface area contributed by atoms with Crippen LogP contribution in [0.3, 0.4) is 0 Å². The summed E-state index contributed by atoms with van der Waals surface area (Å²) in [4.78, 5) is 10.7. The monoisotopic (exact) mass is 302 g/mol. The van der Waals surface area contributed by atoms with Crippen molar-refractivity contribution in [3.63, 3.8) is 0 Å². The number of unbranched alkanes of at least 4 members (excludes halogenated alkanes) is 2. The van der Waals surface area contributed by atoms with Crippen molar-refractivity contribution in [3.05, 3.63) is 39.9 Å². The van der Waals surface area contributed by atoms with Gasteiger partial charge in [-0.25, -0.2) is 0 Å². The fourth-order valence-corrected chi connectivity index (χ4v) is 2.53. The predicted octanol–water partition coefficient (Wildman–Crippen LogP) is 5.46. The van der Waals surface area contributed by atoms with Crippen LogP contribution >= 0.6 is 35.0 Å². The molecular formula is C14H16Cl2OS. The smallest absolute Gasteiger partial charge is 0.185 e. The van der Waals surface area contributed by atoms with Gasteiger partial charge >= 0.3 is 0 Å². The first-order valence-corrected chi connectivity index (χ1v) is 7.58. The highest BCUT2D eigenvalue weighted by Crippen LogP contribution is 2.22. The molecule has 1 aromatic carbocycles. The Morgan fingerprint density at radius 3 is 2.78 bits per heavy atom. The highest BCUT2D eigenvalue weighted by Gasteiger charge is 1.97. The SMILES string of the molecule is CC(=O)SCCCC/C=C\c1ccc(Cl)cc1Cl. The van der Waals surface area contributed by atoms with E-state index < -0.39 is 0 Å². The Bertz CT molecular complexity index is 430. The summed E-state index contributed by atoms with van der Waals surface area (Å²) in [7, 11) is 0. The highest BCUT2D eigenvalue weighted by molar-refractivity contribution is 8.13. The van der Waals surface area contributed by atoms with Crippen LogP contribution in [-0.4, -0.2) is 10.9 Å². The molecular weight excluding hydrogens is 287 g/mol. The van der Waals surface area contributed by atoms with Crippen LogP contribution in [0.1, 0.15) is 31.7 Å². The van der Waals surface area contributed by atoms with E-state index in [1.165, 1.54) is 11.8 Å². The summed E-state index contributed by atoms with van der Waals surface area (Å²) >= 11 is 13.3. The second kappa shape index (κ2) is 8.63. The first-order valence-electron chi connectivity index (χ1n) is 5.84. The Kier molecular flexibility index (Phi) is 7.48. The lowest BCUT2D eigenvalue weighted by molar-refractivity contribution is -0.109. The van der Waals surface area contributed by atoms with Crippen LogP contribution in [0.4, 0.5) is 0 Å². The zero-order chi connectivity index (χ0) is 13.4. The summed E-state index contributed by atoms with van der Waals surface area (Å²) in [6.07, 6.45) is 7.26. The largest absolute Gasteiger partial charge is 0.288 e. The Hall–Kier alpha value is -0.440. The Balaban J connectivity index is 2.26. The number of rotatable bonds is 6. The lowest BCUT2D eigenvalue weighted by atomic mass is 10.1. The number of benzene rings is 1. The zero-order valence-electron chi connectivity index (χ0n) is 10.3. The molecule has 0 atom stereocenters. The molecule has 18 heavy (non-hydrogen) atoms. The molecule has 0 heterocycles. The maximum atomic E-state index is 10.7.